The number of nitrogens with two attached hydrogens (primary N) is 1. The number of ether oxygens (including phenoxy) is 1. The van der Waals surface area contributed by atoms with Crippen LogP contribution in [-0.2, 0) is 6.42 Å². The number of unbranched alkanes of at least 4 members (excludes halogenated alkanes) is 6. The highest BCUT2D eigenvalue weighted by Crippen LogP contribution is 2.29. The standard InChI is InChI=1S/C17H28ClNO/c1-2-3-4-5-6-7-8-14-20-17-15(12-13-19)10-9-11-16(17)18/h9-11H,2-8,12-14,19H2,1H3. The zero-order valence-corrected chi connectivity index (χ0v) is 13.4. The van der Waals surface area contributed by atoms with Gasteiger partial charge in [-0.3, -0.25) is 0 Å². The van der Waals surface area contributed by atoms with Crippen LogP contribution in [0.15, 0.2) is 18.2 Å². The topological polar surface area (TPSA) is 35.2 Å². The first-order chi connectivity index (χ1) is 9.79. The van der Waals surface area contributed by atoms with Crippen molar-refractivity contribution in [2.75, 3.05) is 13.2 Å². The van der Waals surface area contributed by atoms with Gasteiger partial charge in [0.05, 0.1) is 11.6 Å². The molecule has 2 N–H and O–H groups in total. The lowest BCUT2D eigenvalue weighted by Crippen LogP contribution is -2.06. The maximum atomic E-state index is 6.20. The summed E-state index contributed by atoms with van der Waals surface area (Å²) in [5.41, 5.74) is 6.73. The van der Waals surface area contributed by atoms with E-state index in [4.69, 9.17) is 22.1 Å². The lowest BCUT2D eigenvalue weighted by atomic mass is 10.1. The summed E-state index contributed by atoms with van der Waals surface area (Å²) >= 11 is 6.20. The molecule has 0 aliphatic heterocycles. The molecule has 0 aliphatic carbocycles. The van der Waals surface area contributed by atoms with Crippen molar-refractivity contribution >= 4 is 11.6 Å². The van der Waals surface area contributed by atoms with Crippen molar-refractivity contribution < 1.29 is 4.74 Å². The normalized spacial score (nSPS) is 10.8. The molecule has 1 aromatic carbocycles. The number of halogens is 1. The van der Waals surface area contributed by atoms with E-state index in [1.807, 2.05) is 18.2 Å². The number of hydrogen-bond acceptors (Lipinski definition) is 2. The summed E-state index contributed by atoms with van der Waals surface area (Å²) < 4.78 is 5.86. The van der Waals surface area contributed by atoms with E-state index in [-0.39, 0.29) is 0 Å². The van der Waals surface area contributed by atoms with Gasteiger partial charge in [0.25, 0.3) is 0 Å². The largest absolute Gasteiger partial charge is 0.492 e. The molecule has 0 aromatic heterocycles. The summed E-state index contributed by atoms with van der Waals surface area (Å²) in [6.45, 7) is 3.61. The van der Waals surface area contributed by atoms with Crippen LogP contribution in [0.3, 0.4) is 0 Å². The summed E-state index contributed by atoms with van der Waals surface area (Å²) in [5, 5.41) is 0.693. The van der Waals surface area contributed by atoms with E-state index in [1.165, 1.54) is 38.5 Å². The Morgan fingerprint density at radius 3 is 2.45 bits per heavy atom. The second-order valence-electron chi connectivity index (χ2n) is 5.24. The van der Waals surface area contributed by atoms with Gasteiger partial charge in [-0.2, -0.15) is 0 Å². The first kappa shape index (κ1) is 17.3. The van der Waals surface area contributed by atoms with Gasteiger partial charge >= 0.3 is 0 Å². The fourth-order valence-corrected chi connectivity index (χ4v) is 2.55. The minimum absolute atomic E-state index is 0.619. The Kier molecular flexibility index (Phi) is 9.52. The molecule has 0 unspecified atom stereocenters. The molecule has 114 valence electrons. The number of rotatable bonds is 11. The minimum atomic E-state index is 0.619. The lowest BCUT2D eigenvalue weighted by Gasteiger charge is -2.12. The van der Waals surface area contributed by atoms with E-state index in [9.17, 15) is 0 Å². The fourth-order valence-electron chi connectivity index (χ4n) is 2.30. The van der Waals surface area contributed by atoms with Crippen LogP contribution in [0.4, 0.5) is 0 Å². The minimum Gasteiger partial charge on any atom is -0.492 e. The quantitative estimate of drug-likeness (QED) is 0.585. The van der Waals surface area contributed by atoms with Gasteiger partial charge < -0.3 is 10.5 Å². The monoisotopic (exact) mass is 297 g/mol. The zero-order chi connectivity index (χ0) is 14.6. The SMILES string of the molecule is CCCCCCCCCOc1c(Cl)cccc1CCN. The van der Waals surface area contributed by atoms with Crippen LogP contribution in [0.2, 0.25) is 5.02 Å². The van der Waals surface area contributed by atoms with Crippen LogP contribution in [0.1, 0.15) is 57.4 Å². The van der Waals surface area contributed by atoms with Gasteiger partial charge in [-0.15, -0.1) is 0 Å². The molecule has 3 heteroatoms. The van der Waals surface area contributed by atoms with Gasteiger partial charge in [0.2, 0.25) is 0 Å². The van der Waals surface area contributed by atoms with E-state index in [1.54, 1.807) is 0 Å². The van der Waals surface area contributed by atoms with Crippen molar-refractivity contribution in [1.82, 2.24) is 0 Å². The van der Waals surface area contributed by atoms with Crippen molar-refractivity contribution in [3.8, 4) is 5.75 Å². The maximum absolute atomic E-state index is 6.20. The first-order valence-corrected chi connectivity index (χ1v) is 8.27. The third-order valence-electron chi connectivity index (χ3n) is 3.46. The Morgan fingerprint density at radius 2 is 1.75 bits per heavy atom. The van der Waals surface area contributed by atoms with Crippen LogP contribution < -0.4 is 10.5 Å². The molecule has 0 saturated carbocycles. The van der Waals surface area contributed by atoms with Crippen LogP contribution >= 0.6 is 11.6 Å². The van der Waals surface area contributed by atoms with Gasteiger partial charge in [0.1, 0.15) is 5.75 Å². The van der Waals surface area contributed by atoms with Gasteiger partial charge in [0.15, 0.2) is 0 Å². The Balaban J connectivity index is 2.24. The second-order valence-corrected chi connectivity index (χ2v) is 5.64. The van der Waals surface area contributed by atoms with Crippen LogP contribution in [-0.4, -0.2) is 13.2 Å². The van der Waals surface area contributed by atoms with Gasteiger partial charge in [-0.1, -0.05) is 69.2 Å². The van der Waals surface area contributed by atoms with Gasteiger partial charge in [-0.25, -0.2) is 0 Å². The van der Waals surface area contributed by atoms with Crippen molar-refractivity contribution in [3.63, 3.8) is 0 Å². The molecule has 1 rings (SSSR count). The van der Waals surface area contributed by atoms with Gasteiger partial charge in [0, 0.05) is 0 Å². The third kappa shape index (κ3) is 6.62. The molecule has 0 aliphatic rings. The Morgan fingerprint density at radius 1 is 1.05 bits per heavy atom. The average Bonchev–Trinajstić information content (AvgIpc) is 2.44. The number of benzene rings is 1. The first-order valence-electron chi connectivity index (χ1n) is 7.89. The molecule has 0 fully saturated rings. The van der Waals surface area contributed by atoms with Crippen molar-refractivity contribution in [1.29, 1.82) is 0 Å². The molecule has 0 heterocycles. The molecule has 0 radical (unpaired) electrons. The van der Waals surface area contributed by atoms with Crippen LogP contribution in [0.25, 0.3) is 0 Å². The predicted octanol–water partition coefficient (Wildman–Crippen LogP) is 4.97. The second kappa shape index (κ2) is 11.0. The summed E-state index contributed by atoms with van der Waals surface area (Å²) in [4.78, 5) is 0. The molecule has 0 bridgehead atoms. The summed E-state index contributed by atoms with van der Waals surface area (Å²) in [7, 11) is 0. The summed E-state index contributed by atoms with van der Waals surface area (Å²) in [6, 6.07) is 5.87. The Hall–Kier alpha value is -0.730. The molecule has 0 amide bonds. The summed E-state index contributed by atoms with van der Waals surface area (Å²) in [6.07, 6.45) is 9.83. The van der Waals surface area contributed by atoms with E-state index >= 15 is 0 Å². The molecule has 1 aromatic rings. The summed E-state index contributed by atoms with van der Waals surface area (Å²) in [5.74, 6) is 0.825. The molecular weight excluding hydrogens is 270 g/mol. The van der Waals surface area contributed by atoms with E-state index < -0.39 is 0 Å². The van der Waals surface area contributed by atoms with Crippen LogP contribution in [0, 0.1) is 0 Å². The van der Waals surface area contributed by atoms with E-state index in [0.717, 1.165) is 30.8 Å². The molecular formula is C17H28ClNO. The third-order valence-corrected chi connectivity index (χ3v) is 3.75. The smallest absolute Gasteiger partial charge is 0.141 e. The fraction of sp³-hybridized carbons (Fsp3) is 0.647. The highest BCUT2D eigenvalue weighted by atomic mass is 35.5. The van der Waals surface area contributed by atoms with Crippen molar-refractivity contribution in [3.05, 3.63) is 28.8 Å². The molecule has 0 saturated heterocycles. The Bertz CT molecular complexity index is 368. The van der Waals surface area contributed by atoms with Crippen molar-refractivity contribution in [2.24, 2.45) is 5.73 Å². The average molecular weight is 298 g/mol. The van der Waals surface area contributed by atoms with E-state index in [2.05, 4.69) is 6.92 Å². The Labute approximate surface area is 128 Å². The van der Waals surface area contributed by atoms with Crippen molar-refractivity contribution in [2.45, 2.75) is 58.3 Å². The van der Waals surface area contributed by atoms with Crippen LogP contribution in [0.5, 0.6) is 5.75 Å². The van der Waals surface area contributed by atoms with E-state index in [0.29, 0.717) is 11.6 Å². The molecule has 0 atom stereocenters. The predicted molar refractivity (Wildman–Crippen MR) is 87.7 cm³/mol. The molecule has 2 nitrogen and oxygen atoms in total. The maximum Gasteiger partial charge on any atom is 0.141 e. The zero-order valence-electron chi connectivity index (χ0n) is 12.7. The molecule has 0 spiro atoms. The molecule has 20 heavy (non-hydrogen) atoms. The number of hydrogen-bond donors (Lipinski definition) is 1. The highest BCUT2D eigenvalue weighted by molar-refractivity contribution is 6.32. The highest BCUT2D eigenvalue weighted by Gasteiger charge is 2.07. The van der Waals surface area contributed by atoms with Gasteiger partial charge in [-0.05, 0) is 31.0 Å². The number of para-hydroxylation sites is 1. The lowest BCUT2D eigenvalue weighted by molar-refractivity contribution is 0.301.